The van der Waals surface area contributed by atoms with Gasteiger partial charge < -0.3 is 14.8 Å². The zero-order chi connectivity index (χ0) is 32.4. The molecule has 6 aromatic rings. The fourth-order valence-electron chi connectivity index (χ4n) is 5.19. The van der Waals surface area contributed by atoms with Crippen LogP contribution < -0.4 is 5.32 Å². The van der Waals surface area contributed by atoms with Crippen LogP contribution in [0.3, 0.4) is 0 Å². The highest BCUT2D eigenvalue weighted by atomic mass is 32.2. The number of fused-ring (bicyclic) bond motifs is 3. The van der Waals surface area contributed by atoms with Crippen molar-refractivity contribution in [3.63, 3.8) is 0 Å². The molecular formula is C36H25F4NO4S. The standard InChI is InChI=1S/C36H25F4NO4S/c37-30-17-16-25(36(38,39)40)18-29(30)34(42)41-31(35(43)44)20-46-19-21-8-10-22(11-9-21)23-12-14-24(15-13-23)26-5-3-6-28-27-4-1-2-7-32(27)45-33(26)28/h1-18,31H,19-20H2,(H,41,42)(H,43,44)/t31-/m0/s1. The third kappa shape index (κ3) is 6.48. The van der Waals surface area contributed by atoms with Crippen LogP contribution in [0.1, 0.15) is 21.5 Å². The second-order valence-corrected chi connectivity index (χ2v) is 11.7. The third-order valence-electron chi connectivity index (χ3n) is 7.58. The molecule has 232 valence electrons. The van der Waals surface area contributed by atoms with Crippen molar-refractivity contribution in [3.8, 4) is 22.3 Å². The Hall–Kier alpha value is -5.09. The van der Waals surface area contributed by atoms with Crippen LogP contribution in [-0.2, 0) is 16.7 Å². The molecule has 5 aromatic carbocycles. The summed E-state index contributed by atoms with van der Waals surface area (Å²) in [4.78, 5) is 24.2. The molecule has 0 radical (unpaired) electrons. The molecule has 1 amide bonds. The van der Waals surface area contributed by atoms with Gasteiger partial charge >= 0.3 is 12.1 Å². The SMILES string of the molecule is O=C(N[C@@H](CSCc1ccc(-c2ccc(-c3cccc4c3oc3ccccc34)cc2)cc1)C(=O)O)c1cc(C(F)(F)F)ccc1F. The minimum atomic E-state index is -4.78. The molecule has 10 heteroatoms. The number of hydrogen-bond acceptors (Lipinski definition) is 4. The summed E-state index contributed by atoms with van der Waals surface area (Å²) in [5.74, 6) is -3.47. The Morgan fingerprint density at radius 2 is 1.46 bits per heavy atom. The lowest BCUT2D eigenvalue weighted by Crippen LogP contribution is -2.43. The van der Waals surface area contributed by atoms with E-state index in [1.54, 1.807) is 0 Å². The van der Waals surface area contributed by atoms with E-state index in [1.165, 1.54) is 11.8 Å². The van der Waals surface area contributed by atoms with Crippen LogP contribution in [0.25, 0.3) is 44.2 Å². The maximum Gasteiger partial charge on any atom is 0.416 e. The van der Waals surface area contributed by atoms with Crippen LogP contribution in [0.5, 0.6) is 0 Å². The van der Waals surface area contributed by atoms with Crippen molar-refractivity contribution in [1.82, 2.24) is 5.32 Å². The van der Waals surface area contributed by atoms with Gasteiger partial charge in [-0.2, -0.15) is 24.9 Å². The van der Waals surface area contributed by atoms with E-state index in [1.807, 2.05) is 84.9 Å². The molecule has 2 N–H and O–H groups in total. The van der Waals surface area contributed by atoms with E-state index < -0.39 is 41.0 Å². The first-order valence-electron chi connectivity index (χ1n) is 14.2. The first kappa shape index (κ1) is 30.9. The van der Waals surface area contributed by atoms with Gasteiger partial charge in [0.25, 0.3) is 5.91 Å². The summed E-state index contributed by atoms with van der Waals surface area (Å²) in [5, 5.41) is 13.8. The van der Waals surface area contributed by atoms with Gasteiger partial charge in [-0.15, -0.1) is 0 Å². The minimum absolute atomic E-state index is 0.0805. The van der Waals surface area contributed by atoms with Gasteiger partial charge in [-0.25, -0.2) is 9.18 Å². The van der Waals surface area contributed by atoms with E-state index in [4.69, 9.17) is 4.42 Å². The van der Waals surface area contributed by atoms with Gasteiger partial charge in [0.15, 0.2) is 0 Å². The summed E-state index contributed by atoms with van der Waals surface area (Å²) < 4.78 is 59.3. The average molecular weight is 644 g/mol. The number of carboxylic acid groups (broad SMARTS) is 1. The number of thioether (sulfide) groups is 1. The minimum Gasteiger partial charge on any atom is -0.480 e. The third-order valence-corrected chi connectivity index (χ3v) is 8.69. The number of halogens is 4. The first-order chi connectivity index (χ1) is 22.1. The Labute approximate surface area is 264 Å². The summed E-state index contributed by atoms with van der Waals surface area (Å²) in [5.41, 5.74) is 4.53. The number of para-hydroxylation sites is 2. The number of aliphatic carboxylic acids is 1. The predicted molar refractivity (Wildman–Crippen MR) is 171 cm³/mol. The summed E-state index contributed by atoms with van der Waals surface area (Å²) in [6.07, 6.45) is -4.78. The van der Waals surface area contributed by atoms with Gasteiger partial charge in [0.1, 0.15) is 23.0 Å². The first-order valence-corrected chi connectivity index (χ1v) is 15.3. The van der Waals surface area contributed by atoms with Crippen molar-refractivity contribution in [3.05, 3.63) is 132 Å². The van der Waals surface area contributed by atoms with E-state index in [9.17, 15) is 32.3 Å². The molecular weight excluding hydrogens is 618 g/mol. The number of carbonyl (C=O) groups excluding carboxylic acids is 1. The number of benzene rings is 5. The molecule has 0 bridgehead atoms. The highest BCUT2D eigenvalue weighted by Crippen LogP contribution is 2.36. The molecule has 1 atom stereocenters. The van der Waals surface area contributed by atoms with E-state index in [0.29, 0.717) is 24.0 Å². The zero-order valence-electron chi connectivity index (χ0n) is 24.0. The van der Waals surface area contributed by atoms with Gasteiger partial charge in [-0.1, -0.05) is 84.9 Å². The largest absolute Gasteiger partial charge is 0.480 e. The smallest absolute Gasteiger partial charge is 0.416 e. The molecule has 1 heterocycles. The highest BCUT2D eigenvalue weighted by molar-refractivity contribution is 7.98. The molecule has 0 spiro atoms. The average Bonchev–Trinajstić information content (AvgIpc) is 3.43. The van der Waals surface area contributed by atoms with Crippen molar-refractivity contribution >= 4 is 45.6 Å². The summed E-state index contributed by atoms with van der Waals surface area (Å²) >= 11 is 1.22. The highest BCUT2D eigenvalue weighted by Gasteiger charge is 2.32. The molecule has 0 fully saturated rings. The fraction of sp³-hybridized carbons (Fsp3) is 0.111. The Morgan fingerprint density at radius 3 is 2.15 bits per heavy atom. The number of carbonyl (C=O) groups is 2. The Morgan fingerprint density at radius 1 is 0.804 bits per heavy atom. The molecule has 0 aliphatic carbocycles. The molecule has 0 aliphatic rings. The van der Waals surface area contributed by atoms with Crippen molar-refractivity contribution < 1.29 is 36.7 Å². The van der Waals surface area contributed by atoms with E-state index >= 15 is 0 Å². The van der Waals surface area contributed by atoms with Crippen LogP contribution in [0.15, 0.2) is 114 Å². The van der Waals surface area contributed by atoms with Crippen LogP contribution in [-0.4, -0.2) is 28.8 Å². The van der Waals surface area contributed by atoms with Gasteiger partial charge in [-0.3, -0.25) is 4.79 Å². The number of amides is 1. The molecule has 1 aromatic heterocycles. The number of furan rings is 1. The van der Waals surface area contributed by atoms with Crippen molar-refractivity contribution in [2.45, 2.75) is 18.0 Å². The van der Waals surface area contributed by atoms with Crippen molar-refractivity contribution in [2.75, 3.05) is 5.75 Å². The van der Waals surface area contributed by atoms with Crippen molar-refractivity contribution in [1.29, 1.82) is 0 Å². The molecule has 0 aliphatic heterocycles. The van der Waals surface area contributed by atoms with E-state index in [-0.39, 0.29) is 5.75 Å². The number of alkyl halides is 3. The van der Waals surface area contributed by atoms with Crippen LogP contribution in [0, 0.1) is 5.82 Å². The Bertz CT molecular complexity index is 2050. The lowest BCUT2D eigenvalue weighted by molar-refractivity contribution is -0.139. The maximum absolute atomic E-state index is 14.1. The van der Waals surface area contributed by atoms with Crippen LogP contribution in [0.4, 0.5) is 17.6 Å². The summed E-state index contributed by atoms with van der Waals surface area (Å²) in [7, 11) is 0. The molecule has 46 heavy (non-hydrogen) atoms. The lowest BCUT2D eigenvalue weighted by atomic mass is 9.98. The molecule has 0 saturated carbocycles. The normalized spacial score (nSPS) is 12.3. The fourth-order valence-corrected chi connectivity index (χ4v) is 6.20. The number of rotatable bonds is 9. The second kappa shape index (κ2) is 12.7. The summed E-state index contributed by atoms with van der Waals surface area (Å²) in [6, 6.07) is 29.9. The van der Waals surface area contributed by atoms with Gasteiger partial charge in [-0.05, 0) is 46.5 Å². The molecule has 0 saturated heterocycles. The lowest BCUT2D eigenvalue weighted by Gasteiger charge is -2.15. The predicted octanol–water partition coefficient (Wildman–Crippen LogP) is 9.19. The van der Waals surface area contributed by atoms with E-state index in [2.05, 4.69) is 11.4 Å². The van der Waals surface area contributed by atoms with Crippen LogP contribution >= 0.6 is 11.8 Å². The number of hydrogen-bond donors (Lipinski definition) is 2. The summed E-state index contributed by atoms with van der Waals surface area (Å²) in [6.45, 7) is 0. The number of nitrogens with one attached hydrogen (secondary N) is 1. The molecule has 0 unspecified atom stereocenters. The zero-order valence-corrected chi connectivity index (χ0v) is 24.8. The second-order valence-electron chi connectivity index (χ2n) is 10.6. The maximum atomic E-state index is 14.1. The van der Waals surface area contributed by atoms with Gasteiger partial charge in [0.05, 0.1) is 11.1 Å². The Balaban J connectivity index is 1.08. The van der Waals surface area contributed by atoms with E-state index in [0.717, 1.165) is 49.8 Å². The number of carboxylic acids is 1. The monoisotopic (exact) mass is 643 g/mol. The topological polar surface area (TPSA) is 79.5 Å². The molecule has 5 nitrogen and oxygen atoms in total. The van der Waals surface area contributed by atoms with Crippen molar-refractivity contribution in [2.24, 2.45) is 0 Å². The quantitative estimate of drug-likeness (QED) is 0.154. The van der Waals surface area contributed by atoms with Crippen LogP contribution in [0.2, 0.25) is 0 Å². The van der Waals surface area contributed by atoms with Gasteiger partial charge in [0, 0.05) is 27.8 Å². The van der Waals surface area contributed by atoms with Gasteiger partial charge in [0.2, 0.25) is 0 Å². The molecule has 6 rings (SSSR count). The Kier molecular flexibility index (Phi) is 8.55.